The van der Waals surface area contributed by atoms with Gasteiger partial charge in [0.05, 0.1) is 12.2 Å². The molecular weight excluding hydrogens is 436 g/mol. The summed E-state index contributed by atoms with van der Waals surface area (Å²) in [4.78, 5) is 18.0. The van der Waals surface area contributed by atoms with Crippen molar-refractivity contribution >= 4 is 23.7 Å². The predicted molar refractivity (Wildman–Crippen MR) is 129 cm³/mol. The van der Waals surface area contributed by atoms with Gasteiger partial charge in [0.25, 0.3) is 0 Å². The van der Waals surface area contributed by atoms with Gasteiger partial charge in [0.2, 0.25) is 11.1 Å². The molecule has 3 aromatic rings. The van der Waals surface area contributed by atoms with Crippen molar-refractivity contribution in [3.8, 4) is 5.75 Å². The van der Waals surface area contributed by atoms with E-state index in [1.165, 1.54) is 0 Å². The molecule has 0 bridgehead atoms. The molecule has 0 spiro atoms. The number of fused-ring (bicyclic) bond motifs is 1. The van der Waals surface area contributed by atoms with Gasteiger partial charge in [0, 0.05) is 11.4 Å². The Morgan fingerprint density at radius 2 is 1.97 bits per heavy atom. The smallest absolute Gasteiger partial charge is 0.338 e. The molecule has 4 rings (SSSR count). The van der Waals surface area contributed by atoms with Gasteiger partial charge in [-0.15, -0.1) is 5.10 Å². The number of esters is 1. The Labute approximate surface area is 198 Å². The summed E-state index contributed by atoms with van der Waals surface area (Å²) in [5.74, 6) is 1.88. The molecule has 1 N–H and O–H groups in total. The van der Waals surface area contributed by atoms with Gasteiger partial charge in [0.1, 0.15) is 18.4 Å². The summed E-state index contributed by atoms with van der Waals surface area (Å²) in [7, 11) is 0. The minimum absolute atomic E-state index is 0.198. The maximum atomic E-state index is 13.3. The van der Waals surface area contributed by atoms with E-state index >= 15 is 0 Å². The zero-order valence-corrected chi connectivity index (χ0v) is 19.9. The number of hydrogen-bond donors (Lipinski definition) is 1. The first-order valence-corrected chi connectivity index (χ1v) is 12.1. The van der Waals surface area contributed by atoms with E-state index in [-0.39, 0.29) is 12.6 Å². The number of carbonyl (C=O) groups is 1. The summed E-state index contributed by atoms with van der Waals surface area (Å²) >= 11 is 1.60. The molecule has 0 fully saturated rings. The van der Waals surface area contributed by atoms with Crippen LogP contribution in [-0.4, -0.2) is 33.1 Å². The molecule has 1 aliphatic rings. The lowest BCUT2D eigenvalue weighted by Crippen LogP contribution is -2.29. The second kappa shape index (κ2) is 10.6. The SMILES string of the molecule is CCCSc1nc2n(n1)C(c1cccc(OCC)c1)C(C(=O)OCc1ccccc1)=C(C)N2. The van der Waals surface area contributed by atoms with Crippen molar-refractivity contribution in [3.63, 3.8) is 0 Å². The van der Waals surface area contributed by atoms with E-state index in [1.54, 1.807) is 16.4 Å². The molecule has 8 heteroatoms. The van der Waals surface area contributed by atoms with Gasteiger partial charge in [-0.1, -0.05) is 61.2 Å². The van der Waals surface area contributed by atoms with Crippen molar-refractivity contribution in [1.82, 2.24) is 14.8 Å². The highest BCUT2D eigenvalue weighted by Gasteiger charge is 2.35. The molecule has 0 aliphatic carbocycles. The standard InChI is InChI=1S/C25H28N4O3S/c1-4-14-33-25-27-24-26-17(3)21(23(30)32-16-18-10-7-6-8-11-18)22(29(24)28-25)19-12-9-13-20(15-19)31-5-2/h6-13,15,22H,4-5,14,16H2,1-3H3,(H,26,27,28). The fourth-order valence-corrected chi connectivity index (χ4v) is 4.38. The van der Waals surface area contributed by atoms with Gasteiger partial charge in [-0.05, 0) is 43.5 Å². The van der Waals surface area contributed by atoms with E-state index in [9.17, 15) is 4.79 Å². The lowest BCUT2D eigenvalue weighted by Gasteiger charge is -2.28. The maximum Gasteiger partial charge on any atom is 0.338 e. The average molecular weight is 465 g/mol. The van der Waals surface area contributed by atoms with Gasteiger partial charge in [-0.2, -0.15) is 4.98 Å². The number of thioether (sulfide) groups is 1. The van der Waals surface area contributed by atoms with Crippen molar-refractivity contribution in [2.45, 2.75) is 45.0 Å². The van der Waals surface area contributed by atoms with Crippen LogP contribution in [0.1, 0.15) is 44.4 Å². The molecular formula is C25H28N4O3S. The van der Waals surface area contributed by atoms with Gasteiger partial charge in [0.15, 0.2) is 0 Å². The van der Waals surface area contributed by atoms with E-state index in [0.29, 0.717) is 29.0 Å². The molecule has 0 saturated carbocycles. The quantitative estimate of drug-likeness (QED) is 0.344. The number of carbonyl (C=O) groups excluding carboxylic acids is 1. The minimum atomic E-state index is -0.478. The Morgan fingerprint density at radius 3 is 2.73 bits per heavy atom. The van der Waals surface area contributed by atoms with Crippen molar-refractivity contribution in [3.05, 3.63) is 77.0 Å². The third-order valence-electron chi connectivity index (χ3n) is 5.19. The van der Waals surface area contributed by atoms with Crippen LogP contribution in [0, 0.1) is 0 Å². The average Bonchev–Trinajstić information content (AvgIpc) is 3.23. The Hall–Kier alpha value is -3.26. The molecule has 172 valence electrons. The number of nitrogens with one attached hydrogen (secondary N) is 1. The van der Waals surface area contributed by atoms with E-state index in [1.807, 2.05) is 68.4 Å². The largest absolute Gasteiger partial charge is 0.494 e. The second-order valence-electron chi connectivity index (χ2n) is 7.64. The van der Waals surface area contributed by atoms with E-state index < -0.39 is 6.04 Å². The molecule has 2 aromatic carbocycles. The highest BCUT2D eigenvalue weighted by atomic mass is 32.2. The van der Waals surface area contributed by atoms with Crippen LogP contribution in [0.25, 0.3) is 0 Å². The molecule has 1 unspecified atom stereocenters. The van der Waals surface area contributed by atoms with Gasteiger partial charge >= 0.3 is 5.97 Å². The number of ether oxygens (including phenoxy) is 2. The van der Waals surface area contributed by atoms with Crippen LogP contribution >= 0.6 is 11.8 Å². The third-order valence-corrected chi connectivity index (χ3v) is 6.23. The Morgan fingerprint density at radius 1 is 1.15 bits per heavy atom. The molecule has 7 nitrogen and oxygen atoms in total. The van der Waals surface area contributed by atoms with E-state index in [2.05, 4.69) is 17.2 Å². The summed E-state index contributed by atoms with van der Waals surface area (Å²) < 4.78 is 13.2. The van der Waals surface area contributed by atoms with Gasteiger partial charge in [-0.25, -0.2) is 9.48 Å². The lowest BCUT2D eigenvalue weighted by molar-refractivity contribution is -0.140. The molecule has 0 radical (unpaired) electrons. The van der Waals surface area contributed by atoms with E-state index in [0.717, 1.165) is 29.1 Å². The number of nitrogens with zero attached hydrogens (tertiary/aromatic N) is 3. The fraction of sp³-hybridized carbons (Fsp3) is 0.320. The number of aromatic nitrogens is 3. The van der Waals surface area contributed by atoms with Crippen molar-refractivity contribution < 1.29 is 14.3 Å². The predicted octanol–water partition coefficient (Wildman–Crippen LogP) is 5.21. The zero-order valence-electron chi connectivity index (χ0n) is 19.1. The minimum Gasteiger partial charge on any atom is -0.494 e. The van der Waals surface area contributed by atoms with Crippen molar-refractivity contribution in [1.29, 1.82) is 0 Å². The van der Waals surface area contributed by atoms with Crippen molar-refractivity contribution in [2.75, 3.05) is 17.7 Å². The summed E-state index contributed by atoms with van der Waals surface area (Å²) in [6.45, 7) is 6.69. The van der Waals surface area contributed by atoms with Crippen LogP contribution in [0.3, 0.4) is 0 Å². The van der Waals surface area contributed by atoms with Gasteiger partial charge in [-0.3, -0.25) is 0 Å². The molecule has 0 saturated heterocycles. The summed E-state index contributed by atoms with van der Waals surface area (Å²) in [5, 5.41) is 8.66. The van der Waals surface area contributed by atoms with Gasteiger partial charge < -0.3 is 14.8 Å². The number of rotatable bonds is 9. The van der Waals surface area contributed by atoms with E-state index in [4.69, 9.17) is 14.6 Å². The lowest BCUT2D eigenvalue weighted by atomic mass is 9.95. The first kappa shape index (κ1) is 22.9. The summed E-state index contributed by atoms with van der Waals surface area (Å²) in [6.07, 6.45) is 1.02. The summed E-state index contributed by atoms with van der Waals surface area (Å²) in [6, 6.07) is 16.9. The molecule has 2 heterocycles. The number of hydrogen-bond acceptors (Lipinski definition) is 7. The summed E-state index contributed by atoms with van der Waals surface area (Å²) in [5.41, 5.74) is 3.02. The zero-order chi connectivity index (χ0) is 23.2. The molecule has 33 heavy (non-hydrogen) atoms. The monoisotopic (exact) mass is 464 g/mol. The molecule has 1 aromatic heterocycles. The number of anilines is 1. The maximum absolute atomic E-state index is 13.3. The Kier molecular flexibility index (Phi) is 7.34. The first-order chi connectivity index (χ1) is 16.1. The van der Waals surface area contributed by atoms with Crippen LogP contribution in [0.4, 0.5) is 5.95 Å². The number of allylic oxidation sites excluding steroid dienone is 1. The van der Waals surface area contributed by atoms with Crippen LogP contribution in [0.5, 0.6) is 5.75 Å². The highest BCUT2D eigenvalue weighted by molar-refractivity contribution is 7.99. The van der Waals surface area contributed by atoms with Crippen LogP contribution in [-0.2, 0) is 16.1 Å². The van der Waals surface area contributed by atoms with Crippen LogP contribution in [0.15, 0.2) is 71.0 Å². The topological polar surface area (TPSA) is 78.3 Å². The fourth-order valence-electron chi connectivity index (χ4n) is 3.70. The van der Waals surface area contributed by atoms with Crippen LogP contribution in [0.2, 0.25) is 0 Å². The normalized spacial score (nSPS) is 15.1. The Bertz CT molecular complexity index is 1140. The highest BCUT2D eigenvalue weighted by Crippen LogP contribution is 2.37. The third kappa shape index (κ3) is 5.22. The first-order valence-electron chi connectivity index (χ1n) is 11.1. The Balaban J connectivity index is 1.70. The second-order valence-corrected chi connectivity index (χ2v) is 8.71. The molecule has 1 aliphatic heterocycles. The molecule has 1 atom stereocenters. The molecule has 0 amide bonds. The number of benzene rings is 2. The van der Waals surface area contributed by atoms with Crippen LogP contribution < -0.4 is 10.1 Å². The van der Waals surface area contributed by atoms with Crippen molar-refractivity contribution in [2.24, 2.45) is 0 Å².